The number of rotatable bonds is 4. The van der Waals surface area contributed by atoms with Gasteiger partial charge in [-0.3, -0.25) is 0 Å². The van der Waals surface area contributed by atoms with Crippen LogP contribution in [0.1, 0.15) is 18.4 Å². The van der Waals surface area contributed by atoms with Gasteiger partial charge in [-0.2, -0.15) is 0 Å². The van der Waals surface area contributed by atoms with Crippen molar-refractivity contribution < 1.29 is 13.9 Å². The lowest BCUT2D eigenvalue weighted by Crippen LogP contribution is -2.35. The number of carbonyl (C=O) groups excluding carboxylic acids is 1. The minimum Gasteiger partial charge on any atom is -0.490 e. The van der Waals surface area contributed by atoms with Gasteiger partial charge in [0.1, 0.15) is 23.1 Å². The minimum absolute atomic E-state index is 0.0263. The number of nitrogens with one attached hydrogen (secondary N) is 2. The zero-order valence-corrected chi connectivity index (χ0v) is 19.2. The molecule has 9 heteroatoms. The molecule has 0 spiro atoms. The average molecular weight is 476 g/mol. The van der Waals surface area contributed by atoms with E-state index < -0.39 is 11.7 Å². The largest absolute Gasteiger partial charge is 0.490 e. The Morgan fingerprint density at radius 3 is 2.56 bits per heavy atom. The number of hydrogen-bond acceptors (Lipinski definition) is 5. The van der Waals surface area contributed by atoms with E-state index in [0.717, 1.165) is 31.5 Å². The molecule has 2 aromatic carbocycles. The van der Waals surface area contributed by atoms with E-state index >= 15 is 0 Å². The topological polar surface area (TPSA) is 83.8 Å². The quantitative estimate of drug-likeness (QED) is 0.484. The predicted molar refractivity (Wildman–Crippen MR) is 127 cm³/mol. The summed E-state index contributed by atoms with van der Waals surface area (Å²) in [4.78, 5) is 27.1. The Kier molecular flexibility index (Phi) is 6.60. The molecule has 0 radical (unpaired) electrons. The first-order valence-electron chi connectivity index (χ1n) is 10.3. The van der Waals surface area contributed by atoms with Crippen molar-refractivity contribution in [2.45, 2.75) is 25.9 Å². The standard InChI is InChI=1S/C23H23Cl2N3O4/c1-13-20(31-16-7-9-28(2)10-8-16)6-3-14-11-19(22(29)32-21(13)14)27-23(30)26-15-4-5-17(24)18(25)12-15/h3-6,11-12,16H,7-10H2,1-2H3,(H2,26,27,30). The van der Waals surface area contributed by atoms with Crippen LogP contribution in [0.25, 0.3) is 11.0 Å². The van der Waals surface area contributed by atoms with Crippen LogP contribution < -0.4 is 21.0 Å². The van der Waals surface area contributed by atoms with Crippen LogP contribution in [0.5, 0.6) is 5.75 Å². The van der Waals surface area contributed by atoms with E-state index in [2.05, 4.69) is 22.6 Å². The van der Waals surface area contributed by atoms with Crippen molar-refractivity contribution in [3.05, 3.63) is 62.4 Å². The molecule has 7 nitrogen and oxygen atoms in total. The molecule has 0 unspecified atom stereocenters. The molecule has 0 aliphatic carbocycles. The third-order valence-electron chi connectivity index (χ3n) is 5.49. The van der Waals surface area contributed by atoms with E-state index in [1.54, 1.807) is 18.2 Å². The summed E-state index contributed by atoms with van der Waals surface area (Å²) in [5.74, 6) is 0.702. The van der Waals surface area contributed by atoms with Gasteiger partial charge in [0.05, 0.1) is 10.0 Å². The van der Waals surface area contributed by atoms with Crippen molar-refractivity contribution in [3.8, 4) is 5.75 Å². The van der Waals surface area contributed by atoms with Crippen molar-refractivity contribution in [2.75, 3.05) is 30.8 Å². The Morgan fingerprint density at radius 1 is 1.09 bits per heavy atom. The number of ether oxygens (including phenoxy) is 1. The number of carbonyl (C=O) groups is 1. The number of piperidine rings is 1. The number of nitrogens with zero attached hydrogens (tertiary/aromatic N) is 1. The Morgan fingerprint density at radius 2 is 1.84 bits per heavy atom. The molecule has 2 N–H and O–H groups in total. The maximum Gasteiger partial charge on any atom is 0.360 e. The molecular formula is C23H23Cl2N3O4. The second-order valence-corrected chi connectivity index (χ2v) is 8.70. The lowest BCUT2D eigenvalue weighted by atomic mass is 10.1. The fraction of sp³-hybridized carbons (Fsp3) is 0.304. The highest BCUT2D eigenvalue weighted by molar-refractivity contribution is 6.42. The maximum absolute atomic E-state index is 12.5. The molecule has 2 amide bonds. The first kappa shape index (κ1) is 22.5. The second kappa shape index (κ2) is 9.40. The summed E-state index contributed by atoms with van der Waals surface area (Å²) in [6.45, 7) is 3.84. The number of fused-ring (bicyclic) bond motifs is 1. The molecule has 0 bridgehead atoms. The van der Waals surface area contributed by atoms with Gasteiger partial charge in [0.15, 0.2) is 0 Å². The molecule has 4 rings (SSSR count). The monoisotopic (exact) mass is 475 g/mol. The number of aryl methyl sites for hydroxylation is 1. The van der Waals surface area contributed by atoms with Gasteiger partial charge in [0.2, 0.25) is 0 Å². The maximum atomic E-state index is 12.5. The van der Waals surface area contributed by atoms with Gasteiger partial charge in [0.25, 0.3) is 0 Å². The van der Waals surface area contributed by atoms with Gasteiger partial charge >= 0.3 is 11.7 Å². The second-order valence-electron chi connectivity index (χ2n) is 7.88. The molecule has 168 valence electrons. The van der Waals surface area contributed by atoms with Crippen LogP contribution >= 0.6 is 23.2 Å². The van der Waals surface area contributed by atoms with Crippen molar-refractivity contribution in [1.29, 1.82) is 0 Å². The molecule has 1 aliphatic rings. The predicted octanol–water partition coefficient (Wildman–Crippen LogP) is 5.53. The number of benzene rings is 2. The van der Waals surface area contributed by atoms with E-state index in [9.17, 15) is 9.59 Å². The van der Waals surface area contributed by atoms with Gasteiger partial charge in [-0.25, -0.2) is 9.59 Å². The minimum atomic E-state index is -0.652. The summed E-state index contributed by atoms with van der Waals surface area (Å²) in [5, 5.41) is 6.50. The van der Waals surface area contributed by atoms with Crippen molar-refractivity contribution in [1.82, 2.24) is 4.90 Å². The molecule has 2 heterocycles. The fourth-order valence-electron chi connectivity index (χ4n) is 3.66. The number of amides is 2. The molecule has 1 fully saturated rings. The zero-order valence-electron chi connectivity index (χ0n) is 17.7. The smallest absolute Gasteiger partial charge is 0.360 e. The first-order valence-corrected chi connectivity index (χ1v) is 11.0. The van der Waals surface area contributed by atoms with Crippen LogP contribution in [-0.4, -0.2) is 37.2 Å². The molecule has 1 aromatic heterocycles. The molecule has 0 saturated carbocycles. The molecule has 1 aliphatic heterocycles. The van der Waals surface area contributed by atoms with Crippen molar-refractivity contribution in [2.24, 2.45) is 0 Å². The third kappa shape index (κ3) is 5.01. The Labute approximate surface area is 195 Å². The van der Waals surface area contributed by atoms with Crippen LogP contribution in [0, 0.1) is 6.92 Å². The van der Waals surface area contributed by atoms with E-state index in [1.807, 2.05) is 19.1 Å². The summed E-state index contributed by atoms with van der Waals surface area (Å²) in [6.07, 6.45) is 2.05. The average Bonchev–Trinajstić information content (AvgIpc) is 2.75. The first-order chi connectivity index (χ1) is 15.3. The third-order valence-corrected chi connectivity index (χ3v) is 6.23. The highest BCUT2D eigenvalue weighted by Crippen LogP contribution is 2.30. The van der Waals surface area contributed by atoms with E-state index in [4.69, 9.17) is 32.4 Å². The summed E-state index contributed by atoms with van der Waals surface area (Å²) in [6, 6.07) is 9.36. The summed E-state index contributed by atoms with van der Waals surface area (Å²) in [7, 11) is 2.10. The van der Waals surface area contributed by atoms with Crippen LogP contribution in [0.4, 0.5) is 16.2 Å². The number of urea groups is 1. The summed E-state index contributed by atoms with van der Waals surface area (Å²) in [5.41, 5.74) is 1.01. The fourth-order valence-corrected chi connectivity index (χ4v) is 3.96. The number of halogens is 2. The van der Waals surface area contributed by atoms with Gasteiger partial charge in [0, 0.05) is 29.7 Å². The number of likely N-dealkylation sites (tertiary alicyclic amines) is 1. The molecular weight excluding hydrogens is 453 g/mol. The molecule has 0 atom stereocenters. The van der Waals surface area contributed by atoms with Crippen LogP contribution in [0.15, 0.2) is 45.6 Å². The van der Waals surface area contributed by atoms with E-state index in [-0.39, 0.29) is 11.8 Å². The molecule has 32 heavy (non-hydrogen) atoms. The van der Waals surface area contributed by atoms with E-state index in [0.29, 0.717) is 32.5 Å². The Balaban J connectivity index is 1.51. The SMILES string of the molecule is Cc1c(OC2CCN(C)CC2)ccc2cc(NC(=O)Nc3ccc(Cl)c(Cl)c3)c(=O)oc12. The van der Waals surface area contributed by atoms with Crippen molar-refractivity contribution >= 4 is 51.6 Å². The Bertz CT molecular complexity index is 1220. The van der Waals surface area contributed by atoms with Gasteiger partial charge < -0.3 is 24.7 Å². The summed E-state index contributed by atoms with van der Waals surface area (Å²) >= 11 is 11.8. The number of hydrogen-bond donors (Lipinski definition) is 2. The zero-order chi connectivity index (χ0) is 22.8. The van der Waals surface area contributed by atoms with Crippen LogP contribution in [0.2, 0.25) is 10.0 Å². The van der Waals surface area contributed by atoms with Gasteiger partial charge in [-0.05, 0) is 63.2 Å². The Hall–Kier alpha value is -2.74. The normalized spacial score (nSPS) is 15.0. The van der Waals surface area contributed by atoms with Crippen LogP contribution in [-0.2, 0) is 0 Å². The van der Waals surface area contributed by atoms with Gasteiger partial charge in [-0.1, -0.05) is 23.2 Å². The molecule has 3 aromatic rings. The van der Waals surface area contributed by atoms with Crippen molar-refractivity contribution in [3.63, 3.8) is 0 Å². The highest BCUT2D eigenvalue weighted by Gasteiger charge is 2.20. The number of anilines is 2. The lowest BCUT2D eigenvalue weighted by molar-refractivity contribution is 0.113. The molecule has 1 saturated heterocycles. The summed E-state index contributed by atoms with van der Waals surface area (Å²) < 4.78 is 11.7. The lowest BCUT2D eigenvalue weighted by Gasteiger charge is -2.29. The highest BCUT2D eigenvalue weighted by atomic mass is 35.5. The van der Waals surface area contributed by atoms with Crippen LogP contribution in [0.3, 0.4) is 0 Å². The van der Waals surface area contributed by atoms with Gasteiger partial charge in [-0.15, -0.1) is 0 Å². The van der Waals surface area contributed by atoms with E-state index in [1.165, 1.54) is 6.07 Å².